The zero-order valence-electron chi connectivity index (χ0n) is 20.8. The number of hydrogen-bond acceptors (Lipinski definition) is 5. The van der Waals surface area contributed by atoms with Crippen molar-refractivity contribution in [3.63, 3.8) is 0 Å². The second-order valence-corrected chi connectivity index (χ2v) is 10.4. The maximum atomic E-state index is 13.8. The lowest BCUT2D eigenvalue weighted by Gasteiger charge is -2.26. The number of carbonyl (C=O) groups is 1. The van der Waals surface area contributed by atoms with Crippen LogP contribution in [0.15, 0.2) is 71.5 Å². The molecule has 0 atom stereocenters. The molecule has 0 unspecified atom stereocenters. The lowest BCUT2D eigenvalue weighted by atomic mass is 10.1. The average molecular weight is 581 g/mol. The number of halogens is 3. The van der Waals surface area contributed by atoms with Crippen LogP contribution in [0.2, 0.25) is 15.1 Å². The number of rotatable bonds is 6. The summed E-state index contributed by atoms with van der Waals surface area (Å²) in [6.45, 7) is 1.54. The van der Waals surface area contributed by atoms with Crippen LogP contribution in [0.3, 0.4) is 0 Å². The Morgan fingerprint density at radius 3 is 2.21 bits per heavy atom. The fourth-order valence-corrected chi connectivity index (χ4v) is 5.17. The Bertz CT molecular complexity index is 1600. The summed E-state index contributed by atoms with van der Waals surface area (Å²) in [5.41, 5.74) is 1.77. The van der Waals surface area contributed by atoms with Crippen LogP contribution < -0.4 is 10.9 Å². The van der Waals surface area contributed by atoms with Crippen LogP contribution in [0.4, 0.5) is 11.5 Å². The molecule has 2 N–H and O–H groups in total. The van der Waals surface area contributed by atoms with Gasteiger partial charge in [-0.3, -0.25) is 14.2 Å². The van der Waals surface area contributed by atoms with Gasteiger partial charge in [0.25, 0.3) is 11.5 Å². The average Bonchev–Trinajstić information content (AvgIpc) is 2.94. The second-order valence-electron chi connectivity index (χ2n) is 9.14. The van der Waals surface area contributed by atoms with Crippen LogP contribution in [0, 0.1) is 5.41 Å². The topological polar surface area (TPSA) is 91.1 Å². The number of amides is 1. The van der Waals surface area contributed by atoms with Crippen LogP contribution >= 0.6 is 34.8 Å². The molecule has 0 spiro atoms. The number of piperidine rings is 1. The van der Waals surface area contributed by atoms with Gasteiger partial charge in [-0.1, -0.05) is 34.8 Å². The first-order valence-electron chi connectivity index (χ1n) is 12.4. The summed E-state index contributed by atoms with van der Waals surface area (Å²) in [6.07, 6.45) is 4.15. The third-order valence-corrected chi connectivity index (χ3v) is 7.36. The standard InChI is InChI=1S/C29H24Cl3N5O2/c30-19-6-11-22(12-7-19)37-27(23-13-8-20(31)16-25(23)32)35-26(24(17-33)29(37)39)34-21-9-4-18(5-10-21)28(38)36-14-2-1-3-15-36/h4-13,16-17,33-34H,1-3,14-15H2. The van der Waals surface area contributed by atoms with Crippen molar-refractivity contribution in [1.82, 2.24) is 14.5 Å². The van der Waals surface area contributed by atoms with E-state index in [-0.39, 0.29) is 23.1 Å². The molecule has 198 valence electrons. The van der Waals surface area contributed by atoms with Gasteiger partial charge < -0.3 is 15.6 Å². The van der Waals surface area contributed by atoms with E-state index in [1.165, 1.54) is 4.57 Å². The summed E-state index contributed by atoms with van der Waals surface area (Å²) in [4.78, 5) is 33.3. The third-order valence-electron chi connectivity index (χ3n) is 6.56. The number of likely N-dealkylation sites (tertiary alicyclic amines) is 1. The first-order chi connectivity index (χ1) is 18.9. The van der Waals surface area contributed by atoms with Gasteiger partial charge in [-0.25, -0.2) is 4.98 Å². The minimum atomic E-state index is -0.470. The molecule has 1 fully saturated rings. The molecule has 3 aromatic carbocycles. The molecule has 0 radical (unpaired) electrons. The largest absolute Gasteiger partial charge is 0.339 e. The van der Waals surface area contributed by atoms with Crippen molar-refractivity contribution in [3.8, 4) is 17.1 Å². The Hall–Kier alpha value is -3.65. The van der Waals surface area contributed by atoms with E-state index in [0.29, 0.717) is 37.6 Å². The molecule has 7 nitrogen and oxygen atoms in total. The summed E-state index contributed by atoms with van der Waals surface area (Å²) in [6, 6.07) is 18.6. The summed E-state index contributed by atoms with van der Waals surface area (Å²) in [5.74, 6) is 0.440. The molecule has 0 aliphatic carbocycles. The lowest BCUT2D eigenvalue weighted by molar-refractivity contribution is 0.0724. The van der Waals surface area contributed by atoms with Crippen LogP contribution in [0.1, 0.15) is 35.2 Å². The molecular weight excluding hydrogens is 557 g/mol. The zero-order valence-corrected chi connectivity index (χ0v) is 23.0. The summed E-state index contributed by atoms with van der Waals surface area (Å²) >= 11 is 18.7. The number of anilines is 2. The van der Waals surface area contributed by atoms with Gasteiger partial charge in [-0.05, 0) is 86.0 Å². The second kappa shape index (κ2) is 11.6. The minimum Gasteiger partial charge on any atom is -0.339 e. The highest BCUT2D eigenvalue weighted by Gasteiger charge is 2.21. The van der Waals surface area contributed by atoms with Crippen molar-refractivity contribution in [3.05, 3.63) is 103 Å². The van der Waals surface area contributed by atoms with Crippen LogP contribution in [0.25, 0.3) is 17.1 Å². The van der Waals surface area contributed by atoms with Crippen molar-refractivity contribution in [2.45, 2.75) is 19.3 Å². The molecule has 1 saturated heterocycles. The predicted octanol–water partition coefficient (Wildman–Crippen LogP) is 7.23. The molecule has 1 amide bonds. The number of hydrogen-bond donors (Lipinski definition) is 2. The molecule has 2 heterocycles. The molecule has 1 aliphatic heterocycles. The Balaban J connectivity index is 1.57. The van der Waals surface area contributed by atoms with Gasteiger partial charge in [0.15, 0.2) is 5.82 Å². The van der Waals surface area contributed by atoms with Gasteiger partial charge in [-0.15, -0.1) is 0 Å². The van der Waals surface area contributed by atoms with Gasteiger partial charge in [0.1, 0.15) is 11.4 Å². The molecule has 10 heteroatoms. The zero-order chi connectivity index (χ0) is 27.5. The normalized spacial score (nSPS) is 13.3. The Morgan fingerprint density at radius 2 is 1.56 bits per heavy atom. The van der Waals surface area contributed by atoms with Gasteiger partial charge in [0, 0.05) is 46.2 Å². The van der Waals surface area contributed by atoms with Gasteiger partial charge >= 0.3 is 0 Å². The van der Waals surface area contributed by atoms with E-state index in [1.54, 1.807) is 66.7 Å². The molecule has 1 aliphatic rings. The maximum absolute atomic E-state index is 13.8. The monoisotopic (exact) mass is 579 g/mol. The van der Waals surface area contributed by atoms with E-state index in [2.05, 4.69) is 5.32 Å². The Labute approximate surface area is 240 Å². The van der Waals surface area contributed by atoms with Gasteiger partial charge in [-0.2, -0.15) is 0 Å². The first-order valence-corrected chi connectivity index (χ1v) is 13.5. The van der Waals surface area contributed by atoms with Crippen LogP contribution in [0.5, 0.6) is 0 Å². The smallest absolute Gasteiger partial charge is 0.269 e. The third kappa shape index (κ3) is 5.71. The summed E-state index contributed by atoms with van der Waals surface area (Å²) < 4.78 is 1.39. The first kappa shape index (κ1) is 26.9. The van der Waals surface area contributed by atoms with Crippen molar-refractivity contribution < 1.29 is 4.79 Å². The lowest BCUT2D eigenvalue weighted by Crippen LogP contribution is -2.35. The van der Waals surface area contributed by atoms with E-state index in [9.17, 15) is 9.59 Å². The number of aromatic nitrogens is 2. The van der Waals surface area contributed by atoms with Crippen molar-refractivity contribution in [2.24, 2.45) is 0 Å². The molecule has 0 saturated carbocycles. The van der Waals surface area contributed by atoms with E-state index in [1.807, 2.05) is 4.90 Å². The van der Waals surface area contributed by atoms with E-state index in [0.717, 1.165) is 38.6 Å². The van der Waals surface area contributed by atoms with Crippen molar-refractivity contribution in [1.29, 1.82) is 5.41 Å². The Kier molecular flexibility index (Phi) is 8.02. The SMILES string of the molecule is N=Cc1c(Nc2ccc(C(=O)N3CCCCC3)cc2)nc(-c2ccc(Cl)cc2Cl)n(-c2ccc(Cl)cc2)c1=O. The number of benzene rings is 3. The molecule has 4 aromatic rings. The molecular formula is C29H24Cl3N5O2. The minimum absolute atomic E-state index is 0.00443. The fraction of sp³-hybridized carbons (Fsp3) is 0.172. The van der Waals surface area contributed by atoms with Crippen molar-refractivity contribution in [2.75, 3.05) is 18.4 Å². The van der Waals surface area contributed by atoms with Crippen LogP contribution in [-0.4, -0.2) is 39.7 Å². The van der Waals surface area contributed by atoms with E-state index in [4.69, 9.17) is 45.2 Å². The quantitative estimate of drug-likeness (QED) is 0.235. The number of nitrogens with zero attached hydrogens (tertiary/aromatic N) is 3. The molecule has 0 bridgehead atoms. The van der Waals surface area contributed by atoms with E-state index < -0.39 is 5.56 Å². The van der Waals surface area contributed by atoms with Gasteiger partial charge in [0.05, 0.1) is 10.7 Å². The summed E-state index contributed by atoms with van der Waals surface area (Å²) in [5, 5.41) is 12.4. The van der Waals surface area contributed by atoms with Gasteiger partial charge in [0.2, 0.25) is 0 Å². The molecule has 5 rings (SSSR count). The predicted molar refractivity (Wildman–Crippen MR) is 158 cm³/mol. The van der Waals surface area contributed by atoms with E-state index >= 15 is 0 Å². The van der Waals surface area contributed by atoms with Crippen molar-refractivity contribution >= 4 is 58.4 Å². The summed E-state index contributed by atoms with van der Waals surface area (Å²) in [7, 11) is 0. The molecule has 1 aromatic heterocycles. The number of carbonyl (C=O) groups excluding carboxylic acids is 1. The molecule has 39 heavy (non-hydrogen) atoms. The highest BCUT2D eigenvalue weighted by molar-refractivity contribution is 6.36. The van der Waals surface area contributed by atoms with Crippen LogP contribution in [-0.2, 0) is 0 Å². The highest BCUT2D eigenvalue weighted by Crippen LogP contribution is 2.32. The maximum Gasteiger partial charge on any atom is 0.269 e. The highest BCUT2D eigenvalue weighted by atomic mass is 35.5. The fourth-order valence-electron chi connectivity index (χ4n) is 4.55. The Morgan fingerprint density at radius 1 is 0.897 bits per heavy atom. The number of nitrogens with one attached hydrogen (secondary N) is 2.